The van der Waals surface area contributed by atoms with Crippen LogP contribution in [-0.2, 0) is 20.8 Å². The zero-order chi connectivity index (χ0) is 21.1. The van der Waals surface area contributed by atoms with Crippen LogP contribution in [0, 0.1) is 13.8 Å². The SMILES string of the molecule is COC(=O)Cn1c(=NC(=O)c2ccccc2C(=O)OC)sc2c(C)cc(C)cc21. The van der Waals surface area contributed by atoms with Crippen LogP contribution in [0.25, 0.3) is 10.2 Å². The standard InChI is InChI=1S/C21H20N2O5S/c1-12-9-13(2)18-16(10-12)23(11-17(24)27-3)21(29-18)22-19(25)14-7-5-6-8-15(14)20(26)28-4/h5-10H,11H2,1-4H3. The van der Waals surface area contributed by atoms with Crippen LogP contribution in [0.3, 0.4) is 0 Å². The average molecular weight is 412 g/mol. The zero-order valence-electron chi connectivity index (χ0n) is 16.5. The van der Waals surface area contributed by atoms with E-state index in [1.807, 2.05) is 26.0 Å². The summed E-state index contributed by atoms with van der Waals surface area (Å²) in [6, 6.07) is 10.3. The third-order valence-electron chi connectivity index (χ3n) is 4.39. The van der Waals surface area contributed by atoms with Crippen LogP contribution >= 0.6 is 11.3 Å². The minimum absolute atomic E-state index is 0.0792. The number of rotatable bonds is 4. The molecule has 0 unspecified atom stereocenters. The molecule has 0 bridgehead atoms. The van der Waals surface area contributed by atoms with Gasteiger partial charge in [-0.15, -0.1) is 0 Å². The molecule has 29 heavy (non-hydrogen) atoms. The molecule has 0 aliphatic heterocycles. The Morgan fingerprint density at radius 2 is 1.72 bits per heavy atom. The summed E-state index contributed by atoms with van der Waals surface area (Å²) < 4.78 is 12.1. The van der Waals surface area contributed by atoms with Crippen LogP contribution in [-0.4, -0.2) is 36.6 Å². The Kier molecular flexibility index (Phi) is 5.93. The molecule has 0 N–H and O–H groups in total. The number of aromatic nitrogens is 1. The zero-order valence-corrected chi connectivity index (χ0v) is 17.3. The average Bonchev–Trinajstić information content (AvgIpc) is 3.04. The van der Waals surface area contributed by atoms with E-state index in [2.05, 4.69) is 4.99 Å². The summed E-state index contributed by atoms with van der Waals surface area (Å²) in [4.78, 5) is 41.4. The summed E-state index contributed by atoms with van der Waals surface area (Å²) in [7, 11) is 2.56. The number of esters is 2. The number of carbonyl (C=O) groups is 3. The topological polar surface area (TPSA) is 87.0 Å². The van der Waals surface area contributed by atoms with Gasteiger partial charge in [0, 0.05) is 0 Å². The van der Waals surface area contributed by atoms with Gasteiger partial charge in [-0.1, -0.05) is 29.5 Å². The van der Waals surface area contributed by atoms with Gasteiger partial charge in [0.1, 0.15) is 6.54 Å². The van der Waals surface area contributed by atoms with E-state index in [9.17, 15) is 14.4 Å². The number of methoxy groups -OCH3 is 2. The van der Waals surface area contributed by atoms with E-state index in [4.69, 9.17) is 9.47 Å². The van der Waals surface area contributed by atoms with E-state index in [0.717, 1.165) is 21.3 Å². The molecule has 0 aliphatic carbocycles. The monoisotopic (exact) mass is 412 g/mol. The van der Waals surface area contributed by atoms with Crippen molar-refractivity contribution in [3.05, 3.63) is 63.5 Å². The molecule has 8 heteroatoms. The van der Waals surface area contributed by atoms with Crippen molar-refractivity contribution < 1.29 is 23.9 Å². The fourth-order valence-corrected chi connectivity index (χ4v) is 4.13. The van der Waals surface area contributed by atoms with E-state index in [1.165, 1.54) is 37.7 Å². The molecule has 0 saturated carbocycles. The van der Waals surface area contributed by atoms with Crippen molar-refractivity contribution in [1.29, 1.82) is 0 Å². The van der Waals surface area contributed by atoms with E-state index in [-0.39, 0.29) is 17.7 Å². The predicted octanol–water partition coefficient (Wildman–Crippen LogP) is 3.02. The molecule has 1 amide bonds. The third kappa shape index (κ3) is 4.12. The smallest absolute Gasteiger partial charge is 0.338 e. The first-order valence-electron chi connectivity index (χ1n) is 8.79. The summed E-state index contributed by atoms with van der Waals surface area (Å²) in [5, 5.41) is 0. The van der Waals surface area contributed by atoms with Crippen molar-refractivity contribution in [2.45, 2.75) is 20.4 Å². The minimum Gasteiger partial charge on any atom is -0.468 e. The number of amides is 1. The highest BCUT2D eigenvalue weighted by Gasteiger charge is 2.18. The number of hydrogen-bond acceptors (Lipinski definition) is 6. The minimum atomic E-state index is -0.616. The van der Waals surface area contributed by atoms with Crippen molar-refractivity contribution in [3.63, 3.8) is 0 Å². The van der Waals surface area contributed by atoms with Gasteiger partial charge in [-0.3, -0.25) is 9.59 Å². The summed E-state index contributed by atoms with van der Waals surface area (Å²) >= 11 is 1.31. The molecule has 0 aliphatic rings. The van der Waals surface area contributed by atoms with E-state index in [0.29, 0.717) is 4.80 Å². The van der Waals surface area contributed by atoms with Crippen molar-refractivity contribution >= 4 is 39.4 Å². The first-order valence-corrected chi connectivity index (χ1v) is 9.61. The number of aryl methyl sites for hydroxylation is 2. The Hall–Kier alpha value is -3.26. The molecule has 2 aromatic carbocycles. The van der Waals surface area contributed by atoms with Gasteiger partial charge in [-0.05, 0) is 43.2 Å². The quantitative estimate of drug-likeness (QED) is 0.615. The second-order valence-electron chi connectivity index (χ2n) is 6.43. The van der Waals surface area contributed by atoms with Crippen molar-refractivity contribution in [1.82, 2.24) is 4.57 Å². The molecular formula is C21H20N2O5S. The van der Waals surface area contributed by atoms with Gasteiger partial charge in [-0.2, -0.15) is 4.99 Å². The van der Waals surface area contributed by atoms with Gasteiger partial charge < -0.3 is 14.0 Å². The van der Waals surface area contributed by atoms with Crippen LogP contribution in [0.5, 0.6) is 0 Å². The molecule has 1 heterocycles. The molecule has 0 saturated heterocycles. The maximum absolute atomic E-state index is 12.9. The first-order chi connectivity index (χ1) is 13.8. The summed E-state index contributed by atoms with van der Waals surface area (Å²) in [6.45, 7) is 3.85. The Balaban J connectivity index is 2.21. The summed E-state index contributed by atoms with van der Waals surface area (Å²) in [6.07, 6.45) is 0. The fraction of sp³-hybridized carbons (Fsp3) is 0.238. The molecule has 3 aromatic rings. The number of hydrogen-bond donors (Lipinski definition) is 0. The normalized spacial score (nSPS) is 11.5. The van der Waals surface area contributed by atoms with Crippen LogP contribution < -0.4 is 4.80 Å². The molecule has 0 fully saturated rings. The maximum atomic E-state index is 12.9. The lowest BCUT2D eigenvalue weighted by Gasteiger charge is -2.06. The summed E-state index contributed by atoms with van der Waals surface area (Å²) in [5.41, 5.74) is 3.12. The molecular weight excluding hydrogens is 392 g/mol. The van der Waals surface area contributed by atoms with Gasteiger partial charge in [-0.25, -0.2) is 4.79 Å². The third-order valence-corrected chi connectivity index (χ3v) is 5.62. The largest absolute Gasteiger partial charge is 0.468 e. The maximum Gasteiger partial charge on any atom is 0.338 e. The van der Waals surface area contributed by atoms with Crippen molar-refractivity contribution in [2.75, 3.05) is 14.2 Å². The number of thiazole rings is 1. The lowest BCUT2D eigenvalue weighted by Crippen LogP contribution is -2.23. The number of benzene rings is 2. The number of nitrogens with zero attached hydrogens (tertiary/aromatic N) is 2. The number of carbonyl (C=O) groups excluding carboxylic acids is 3. The Bertz CT molecular complexity index is 1190. The highest BCUT2D eigenvalue weighted by Crippen LogP contribution is 2.23. The van der Waals surface area contributed by atoms with Gasteiger partial charge in [0.2, 0.25) is 0 Å². The van der Waals surface area contributed by atoms with Crippen molar-refractivity contribution in [2.24, 2.45) is 4.99 Å². The lowest BCUT2D eigenvalue weighted by molar-refractivity contribution is -0.141. The number of fused-ring (bicyclic) bond motifs is 1. The summed E-state index contributed by atoms with van der Waals surface area (Å²) in [5.74, 6) is -1.66. The molecule has 0 spiro atoms. The predicted molar refractivity (Wildman–Crippen MR) is 109 cm³/mol. The first kappa shape index (κ1) is 20.5. The van der Waals surface area contributed by atoms with Gasteiger partial charge in [0.05, 0.1) is 35.6 Å². The van der Waals surface area contributed by atoms with Gasteiger partial charge in [0.25, 0.3) is 5.91 Å². The fourth-order valence-electron chi connectivity index (χ4n) is 3.05. The molecule has 150 valence electrons. The Labute approximate surface area is 171 Å². The van der Waals surface area contributed by atoms with E-state index in [1.54, 1.807) is 16.7 Å². The molecule has 0 atom stereocenters. The van der Waals surface area contributed by atoms with Crippen molar-refractivity contribution in [3.8, 4) is 0 Å². The lowest BCUT2D eigenvalue weighted by atomic mass is 10.1. The second-order valence-corrected chi connectivity index (χ2v) is 7.41. The Morgan fingerprint density at radius 1 is 1.03 bits per heavy atom. The molecule has 0 radical (unpaired) electrons. The van der Waals surface area contributed by atoms with Crippen LogP contribution in [0.1, 0.15) is 31.8 Å². The Morgan fingerprint density at radius 3 is 2.38 bits per heavy atom. The molecule has 1 aromatic heterocycles. The second kappa shape index (κ2) is 8.40. The molecule has 7 nitrogen and oxygen atoms in total. The molecule has 3 rings (SSSR count). The van der Waals surface area contributed by atoms with Crippen LogP contribution in [0.2, 0.25) is 0 Å². The number of ether oxygens (including phenoxy) is 2. The highest BCUT2D eigenvalue weighted by atomic mass is 32.1. The van der Waals surface area contributed by atoms with E-state index < -0.39 is 17.8 Å². The van der Waals surface area contributed by atoms with Gasteiger partial charge >= 0.3 is 11.9 Å². The van der Waals surface area contributed by atoms with E-state index >= 15 is 0 Å². The van der Waals surface area contributed by atoms with Crippen LogP contribution in [0.4, 0.5) is 0 Å². The van der Waals surface area contributed by atoms with Gasteiger partial charge in [0.15, 0.2) is 4.80 Å². The highest BCUT2D eigenvalue weighted by molar-refractivity contribution is 7.16. The van der Waals surface area contributed by atoms with Crippen LogP contribution in [0.15, 0.2) is 41.4 Å².